The van der Waals surface area contributed by atoms with E-state index in [9.17, 15) is 9.59 Å². The predicted molar refractivity (Wildman–Crippen MR) is 109 cm³/mol. The first-order valence-electron chi connectivity index (χ1n) is 9.91. The van der Waals surface area contributed by atoms with Crippen LogP contribution in [-0.2, 0) is 21.5 Å². The Balaban J connectivity index is 1.84. The van der Waals surface area contributed by atoms with Crippen molar-refractivity contribution in [1.82, 2.24) is 9.88 Å². The van der Waals surface area contributed by atoms with Gasteiger partial charge in [-0.25, -0.2) is 0 Å². The number of carbonyl (C=O) groups excluding carboxylic acids is 2. The lowest BCUT2D eigenvalue weighted by molar-refractivity contribution is -0.147. The third kappa shape index (κ3) is 2.02. The predicted octanol–water partition coefficient (Wildman–Crippen LogP) is 3.79. The summed E-state index contributed by atoms with van der Waals surface area (Å²) in [7, 11) is 0. The molecule has 0 aliphatic carbocycles. The van der Waals surface area contributed by atoms with Crippen molar-refractivity contribution in [3.63, 3.8) is 0 Å². The van der Waals surface area contributed by atoms with E-state index in [0.29, 0.717) is 6.54 Å². The van der Waals surface area contributed by atoms with Crippen LogP contribution >= 0.6 is 0 Å². The van der Waals surface area contributed by atoms with Crippen LogP contribution in [0.25, 0.3) is 10.9 Å². The lowest BCUT2D eigenvalue weighted by Gasteiger charge is -2.44. The van der Waals surface area contributed by atoms with Gasteiger partial charge < -0.3 is 15.2 Å². The van der Waals surface area contributed by atoms with Gasteiger partial charge >= 0.3 is 0 Å². The van der Waals surface area contributed by atoms with Gasteiger partial charge in [0.05, 0.1) is 5.69 Å². The van der Waals surface area contributed by atoms with Gasteiger partial charge in [-0.2, -0.15) is 0 Å². The number of hydrogen-bond acceptors (Lipinski definition) is 2. The number of benzene rings is 2. The molecule has 0 unspecified atom stereocenters. The smallest absolute Gasteiger partial charge is 0.261 e. The van der Waals surface area contributed by atoms with Crippen LogP contribution in [0.15, 0.2) is 48.5 Å². The van der Waals surface area contributed by atoms with Gasteiger partial charge in [-0.1, -0.05) is 50.2 Å². The molecule has 0 fully saturated rings. The third-order valence-electron chi connectivity index (χ3n) is 6.36. The third-order valence-corrected chi connectivity index (χ3v) is 6.36. The molecule has 0 saturated heterocycles. The molecule has 2 atom stereocenters. The molecular weight excluding hydrogens is 350 g/mol. The Morgan fingerprint density at radius 1 is 1.18 bits per heavy atom. The Bertz CT molecular complexity index is 1120. The fraction of sp³-hybridized carbons (Fsp3) is 0.304. The standard InChI is InChI=1S/C23H23N3O2/c1-3-14(2)21(27)26-13-12-16-15-8-4-6-10-18(15)24-20(16)23(26)17-9-5-7-11-19(17)25-22(23)28/h4-11,14,24H,3,12-13H2,1-2H3,(H,25,28)/t14-,23+/m0/s1. The van der Waals surface area contributed by atoms with E-state index < -0.39 is 5.54 Å². The first kappa shape index (κ1) is 17.0. The molecule has 5 heteroatoms. The molecule has 5 nitrogen and oxygen atoms in total. The number of nitrogens with zero attached hydrogens (tertiary/aromatic N) is 1. The number of hydrogen-bond donors (Lipinski definition) is 2. The second-order valence-corrected chi connectivity index (χ2v) is 7.78. The van der Waals surface area contributed by atoms with Crippen LogP contribution in [0.4, 0.5) is 5.69 Å². The number of amides is 2. The van der Waals surface area contributed by atoms with Crippen LogP contribution in [0.3, 0.4) is 0 Å². The molecule has 28 heavy (non-hydrogen) atoms. The van der Waals surface area contributed by atoms with E-state index in [2.05, 4.69) is 16.4 Å². The number of H-pyrrole nitrogens is 1. The SMILES string of the molecule is CC[C@H](C)C(=O)N1CCc2c([nH]c3ccccc23)[C@]12C(=O)Nc1ccccc12. The van der Waals surface area contributed by atoms with E-state index in [1.807, 2.05) is 56.3 Å². The Morgan fingerprint density at radius 2 is 1.93 bits per heavy atom. The first-order chi connectivity index (χ1) is 13.6. The Kier molecular flexibility index (Phi) is 3.63. The van der Waals surface area contributed by atoms with Crippen molar-refractivity contribution in [2.24, 2.45) is 5.92 Å². The molecule has 3 heterocycles. The number of nitrogens with one attached hydrogen (secondary N) is 2. The van der Waals surface area contributed by atoms with E-state index in [0.717, 1.165) is 46.3 Å². The molecule has 3 aromatic rings. The second-order valence-electron chi connectivity index (χ2n) is 7.78. The molecule has 142 valence electrons. The molecule has 0 radical (unpaired) electrons. The minimum atomic E-state index is -1.14. The van der Waals surface area contributed by atoms with Gasteiger partial charge in [-0.15, -0.1) is 0 Å². The number of carbonyl (C=O) groups is 2. The van der Waals surface area contributed by atoms with Crippen LogP contribution in [0.1, 0.15) is 37.1 Å². The van der Waals surface area contributed by atoms with Crippen LogP contribution in [0, 0.1) is 5.92 Å². The summed E-state index contributed by atoms with van der Waals surface area (Å²) in [6.07, 6.45) is 1.48. The molecule has 2 N–H and O–H groups in total. The van der Waals surface area contributed by atoms with Crippen molar-refractivity contribution in [3.05, 3.63) is 65.4 Å². The quantitative estimate of drug-likeness (QED) is 0.718. The Hall–Kier alpha value is -3.08. The minimum Gasteiger partial charge on any atom is -0.355 e. The van der Waals surface area contributed by atoms with Gasteiger partial charge in [0.2, 0.25) is 5.91 Å². The second kappa shape index (κ2) is 5.96. The summed E-state index contributed by atoms with van der Waals surface area (Å²) in [6, 6.07) is 15.8. The minimum absolute atomic E-state index is 0.0265. The van der Waals surface area contributed by atoms with Crippen molar-refractivity contribution in [2.45, 2.75) is 32.2 Å². The van der Waals surface area contributed by atoms with E-state index in [4.69, 9.17) is 0 Å². The molecule has 1 aromatic heterocycles. The summed E-state index contributed by atoms with van der Waals surface area (Å²) in [5.74, 6) is -0.264. The molecule has 2 aliphatic heterocycles. The van der Waals surface area contributed by atoms with E-state index >= 15 is 0 Å². The highest BCUT2D eigenvalue weighted by atomic mass is 16.2. The van der Waals surface area contributed by atoms with E-state index in [1.54, 1.807) is 4.90 Å². The number of anilines is 1. The fourth-order valence-electron chi connectivity index (χ4n) is 4.77. The maximum atomic E-state index is 13.5. The normalized spacial score (nSPS) is 21.5. The molecule has 2 aromatic carbocycles. The lowest BCUT2D eigenvalue weighted by atomic mass is 9.79. The van der Waals surface area contributed by atoms with Crippen LogP contribution in [0.5, 0.6) is 0 Å². The zero-order valence-electron chi connectivity index (χ0n) is 16.1. The van der Waals surface area contributed by atoms with Gasteiger partial charge in [0.25, 0.3) is 5.91 Å². The van der Waals surface area contributed by atoms with Crippen molar-refractivity contribution in [2.75, 3.05) is 11.9 Å². The van der Waals surface area contributed by atoms with Crippen molar-refractivity contribution < 1.29 is 9.59 Å². The maximum absolute atomic E-state index is 13.5. The zero-order chi connectivity index (χ0) is 19.5. The maximum Gasteiger partial charge on any atom is 0.261 e. The zero-order valence-corrected chi connectivity index (χ0v) is 16.1. The summed E-state index contributed by atoms with van der Waals surface area (Å²) in [5.41, 5.74) is 3.46. The van der Waals surface area contributed by atoms with Gasteiger partial charge in [-0.05, 0) is 30.5 Å². The average Bonchev–Trinajstić information content (AvgIpc) is 3.24. The van der Waals surface area contributed by atoms with Crippen molar-refractivity contribution >= 4 is 28.4 Å². The largest absolute Gasteiger partial charge is 0.355 e. The summed E-state index contributed by atoms with van der Waals surface area (Å²) in [6.45, 7) is 4.48. The number of aromatic nitrogens is 1. The van der Waals surface area contributed by atoms with Crippen LogP contribution in [-0.4, -0.2) is 28.2 Å². The van der Waals surface area contributed by atoms with Crippen LogP contribution < -0.4 is 5.32 Å². The van der Waals surface area contributed by atoms with Crippen molar-refractivity contribution in [1.29, 1.82) is 0 Å². The van der Waals surface area contributed by atoms with Gasteiger partial charge in [0.15, 0.2) is 5.54 Å². The first-order valence-corrected chi connectivity index (χ1v) is 9.91. The fourth-order valence-corrected chi connectivity index (χ4v) is 4.77. The summed E-state index contributed by atoms with van der Waals surface area (Å²) in [4.78, 5) is 32.3. The molecule has 0 saturated carbocycles. The summed E-state index contributed by atoms with van der Waals surface area (Å²) >= 11 is 0. The molecule has 0 bridgehead atoms. The molecule has 2 amide bonds. The Morgan fingerprint density at radius 3 is 2.75 bits per heavy atom. The summed E-state index contributed by atoms with van der Waals surface area (Å²) in [5, 5.41) is 4.16. The van der Waals surface area contributed by atoms with Crippen molar-refractivity contribution in [3.8, 4) is 0 Å². The highest BCUT2D eigenvalue weighted by Crippen LogP contribution is 2.50. The van der Waals surface area contributed by atoms with Gasteiger partial charge in [-0.3, -0.25) is 9.59 Å². The number of rotatable bonds is 2. The highest BCUT2D eigenvalue weighted by molar-refractivity contribution is 6.11. The van der Waals surface area contributed by atoms with Gasteiger partial charge in [0.1, 0.15) is 0 Å². The number of para-hydroxylation sites is 2. The average molecular weight is 373 g/mol. The number of aromatic amines is 1. The molecule has 1 spiro atoms. The monoisotopic (exact) mass is 373 g/mol. The topological polar surface area (TPSA) is 65.2 Å². The highest BCUT2D eigenvalue weighted by Gasteiger charge is 2.58. The molecule has 2 aliphatic rings. The Labute approximate surface area is 163 Å². The molecule has 5 rings (SSSR count). The van der Waals surface area contributed by atoms with Gasteiger partial charge in [0, 0.05) is 34.6 Å². The van der Waals surface area contributed by atoms with E-state index in [-0.39, 0.29) is 17.7 Å². The number of fused-ring (bicyclic) bond motifs is 6. The van der Waals surface area contributed by atoms with E-state index in [1.165, 1.54) is 0 Å². The van der Waals surface area contributed by atoms with Crippen LogP contribution in [0.2, 0.25) is 0 Å². The summed E-state index contributed by atoms with van der Waals surface area (Å²) < 4.78 is 0. The lowest BCUT2D eigenvalue weighted by Crippen LogP contribution is -2.59. The molecular formula is C23H23N3O2.